The average molecular weight is 279 g/mol. The Labute approximate surface area is 120 Å². The fourth-order valence-corrected chi connectivity index (χ4v) is 2.17. The van der Waals surface area contributed by atoms with Crippen LogP contribution >= 0.6 is 0 Å². The highest BCUT2D eigenvalue weighted by atomic mass is 16.1. The molecule has 3 N–H and O–H groups in total. The molecule has 2 heterocycles. The molecule has 104 valence electrons. The molecular weight excluding hydrogens is 266 g/mol. The topological polar surface area (TPSA) is 85.3 Å². The van der Waals surface area contributed by atoms with Crippen LogP contribution in [0.5, 0.6) is 0 Å². The summed E-state index contributed by atoms with van der Waals surface area (Å²) >= 11 is 0. The zero-order valence-electron chi connectivity index (χ0n) is 11.1. The molecule has 0 saturated heterocycles. The van der Waals surface area contributed by atoms with Crippen molar-refractivity contribution < 1.29 is 4.79 Å². The third-order valence-corrected chi connectivity index (χ3v) is 3.13. The Kier molecular flexibility index (Phi) is 3.34. The van der Waals surface area contributed by atoms with E-state index in [0.717, 1.165) is 22.9 Å². The summed E-state index contributed by atoms with van der Waals surface area (Å²) < 4.78 is 1.89. The molecule has 0 unspecified atom stereocenters. The van der Waals surface area contributed by atoms with E-state index in [-0.39, 0.29) is 5.91 Å². The van der Waals surface area contributed by atoms with Crippen molar-refractivity contribution in [3.8, 4) is 5.69 Å². The van der Waals surface area contributed by atoms with Crippen LogP contribution in [0.3, 0.4) is 0 Å². The van der Waals surface area contributed by atoms with Crippen LogP contribution in [-0.2, 0) is 0 Å². The first-order chi connectivity index (χ1) is 10.3. The standard InChI is InChI=1S/C15H13N5O/c16-19-10-18-15(21)11-6-8-20(9-11)14-5-1-4-13-12(14)3-2-7-17-13/h1-10H,16H2,(H,18,19,21). The maximum Gasteiger partial charge on any atom is 0.257 e. The van der Waals surface area contributed by atoms with E-state index in [1.807, 2.05) is 41.1 Å². The Morgan fingerprint density at radius 1 is 1.29 bits per heavy atom. The first-order valence-corrected chi connectivity index (χ1v) is 6.34. The van der Waals surface area contributed by atoms with Crippen LogP contribution in [0.4, 0.5) is 0 Å². The third kappa shape index (κ3) is 2.46. The summed E-state index contributed by atoms with van der Waals surface area (Å²) in [6.07, 6.45) is 6.49. The lowest BCUT2D eigenvalue weighted by Crippen LogP contribution is -2.21. The number of aromatic nitrogens is 2. The van der Waals surface area contributed by atoms with Crippen LogP contribution in [-0.4, -0.2) is 21.8 Å². The van der Waals surface area contributed by atoms with Gasteiger partial charge in [-0.05, 0) is 30.3 Å². The number of carbonyl (C=O) groups is 1. The van der Waals surface area contributed by atoms with Crippen molar-refractivity contribution in [2.24, 2.45) is 10.9 Å². The first kappa shape index (κ1) is 12.9. The van der Waals surface area contributed by atoms with Crippen molar-refractivity contribution >= 4 is 23.1 Å². The van der Waals surface area contributed by atoms with Gasteiger partial charge in [-0.15, -0.1) is 0 Å². The van der Waals surface area contributed by atoms with E-state index >= 15 is 0 Å². The second kappa shape index (κ2) is 5.46. The number of hydrazone groups is 1. The maximum absolute atomic E-state index is 11.8. The van der Waals surface area contributed by atoms with Gasteiger partial charge < -0.3 is 15.7 Å². The molecule has 6 nitrogen and oxygen atoms in total. The van der Waals surface area contributed by atoms with Crippen LogP contribution in [0.15, 0.2) is 60.1 Å². The van der Waals surface area contributed by atoms with Crippen molar-refractivity contribution in [3.63, 3.8) is 0 Å². The molecule has 3 rings (SSSR count). The van der Waals surface area contributed by atoms with E-state index in [4.69, 9.17) is 5.84 Å². The van der Waals surface area contributed by atoms with Gasteiger partial charge in [0.05, 0.1) is 16.8 Å². The first-order valence-electron chi connectivity index (χ1n) is 6.34. The number of rotatable bonds is 3. The van der Waals surface area contributed by atoms with Gasteiger partial charge in [0.15, 0.2) is 0 Å². The summed E-state index contributed by atoms with van der Waals surface area (Å²) in [6.45, 7) is 0. The van der Waals surface area contributed by atoms with Crippen molar-refractivity contribution in [1.82, 2.24) is 14.9 Å². The van der Waals surface area contributed by atoms with Crippen molar-refractivity contribution in [1.29, 1.82) is 0 Å². The van der Waals surface area contributed by atoms with Crippen molar-refractivity contribution in [2.45, 2.75) is 0 Å². The lowest BCUT2D eigenvalue weighted by molar-refractivity contribution is 0.0978. The predicted octanol–water partition coefficient (Wildman–Crippen LogP) is 1.66. The number of fused-ring (bicyclic) bond motifs is 1. The molecule has 0 saturated carbocycles. The fraction of sp³-hybridized carbons (Fsp3) is 0. The summed E-state index contributed by atoms with van der Waals surface area (Å²) in [5.41, 5.74) is 2.40. The minimum atomic E-state index is -0.263. The van der Waals surface area contributed by atoms with E-state index in [1.165, 1.54) is 0 Å². The Morgan fingerprint density at radius 2 is 2.19 bits per heavy atom. The molecule has 0 aliphatic carbocycles. The minimum absolute atomic E-state index is 0.263. The highest BCUT2D eigenvalue weighted by Gasteiger charge is 2.08. The van der Waals surface area contributed by atoms with E-state index in [9.17, 15) is 4.79 Å². The molecule has 2 aromatic heterocycles. The largest absolute Gasteiger partial charge is 0.322 e. The Balaban J connectivity index is 2.00. The van der Waals surface area contributed by atoms with E-state index in [1.54, 1.807) is 18.5 Å². The SMILES string of the molecule is NN=CNC(=O)c1ccn(-c2cccc3ncccc23)c1. The number of pyridine rings is 1. The maximum atomic E-state index is 11.8. The number of hydrogen-bond acceptors (Lipinski definition) is 4. The van der Waals surface area contributed by atoms with Gasteiger partial charge in [0.1, 0.15) is 6.34 Å². The van der Waals surface area contributed by atoms with Crippen LogP contribution < -0.4 is 11.2 Å². The average Bonchev–Trinajstić information content (AvgIpc) is 3.02. The number of hydrogen-bond donors (Lipinski definition) is 2. The quantitative estimate of drug-likeness (QED) is 0.331. The molecule has 3 aromatic rings. The second-order valence-electron chi connectivity index (χ2n) is 4.41. The van der Waals surface area contributed by atoms with Gasteiger partial charge in [-0.1, -0.05) is 6.07 Å². The Hall–Kier alpha value is -3.15. The molecule has 0 atom stereocenters. The monoisotopic (exact) mass is 279 g/mol. The summed E-state index contributed by atoms with van der Waals surface area (Å²) in [4.78, 5) is 16.2. The smallest absolute Gasteiger partial charge is 0.257 e. The molecule has 1 amide bonds. The zero-order chi connectivity index (χ0) is 14.7. The number of nitrogens with zero attached hydrogens (tertiary/aromatic N) is 3. The Morgan fingerprint density at radius 3 is 3.05 bits per heavy atom. The van der Waals surface area contributed by atoms with Crippen LogP contribution in [0.2, 0.25) is 0 Å². The van der Waals surface area contributed by atoms with Gasteiger partial charge in [0.25, 0.3) is 5.91 Å². The summed E-state index contributed by atoms with van der Waals surface area (Å²) in [5.74, 6) is 4.69. The van der Waals surface area contributed by atoms with Gasteiger partial charge in [-0.3, -0.25) is 9.78 Å². The molecule has 0 aliphatic rings. The number of nitrogens with one attached hydrogen (secondary N) is 1. The van der Waals surface area contributed by atoms with Crippen LogP contribution in [0, 0.1) is 0 Å². The van der Waals surface area contributed by atoms with Crippen molar-refractivity contribution in [2.75, 3.05) is 0 Å². The molecule has 6 heteroatoms. The molecule has 0 radical (unpaired) electrons. The molecule has 21 heavy (non-hydrogen) atoms. The highest BCUT2D eigenvalue weighted by molar-refractivity contribution is 6.00. The van der Waals surface area contributed by atoms with E-state index in [0.29, 0.717) is 5.56 Å². The molecular formula is C15H13N5O. The summed E-state index contributed by atoms with van der Waals surface area (Å²) in [7, 11) is 0. The van der Waals surface area contributed by atoms with Crippen LogP contribution in [0.1, 0.15) is 10.4 Å². The van der Waals surface area contributed by atoms with Gasteiger partial charge in [-0.2, -0.15) is 5.10 Å². The predicted molar refractivity (Wildman–Crippen MR) is 81.2 cm³/mol. The number of amides is 1. The lowest BCUT2D eigenvalue weighted by Gasteiger charge is -2.06. The highest BCUT2D eigenvalue weighted by Crippen LogP contribution is 2.21. The van der Waals surface area contributed by atoms with Gasteiger partial charge in [0.2, 0.25) is 0 Å². The number of nitrogens with two attached hydrogens (primary N) is 1. The normalized spacial score (nSPS) is 11.0. The molecule has 0 spiro atoms. The van der Waals surface area contributed by atoms with E-state index < -0.39 is 0 Å². The molecule has 1 aromatic carbocycles. The van der Waals surface area contributed by atoms with Crippen LogP contribution in [0.25, 0.3) is 16.6 Å². The van der Waals surface area contributed by atoms with E-state index in [2.05, 4.69) is 15.4 Å². The molecule has 0 aliphatic heterocycles. The minimum Gasteiger partial charge on any atom is -0.322 e. The lowest BCUT2D eigenvalue weighted by atomic mass is 10.2. The van der Waals surface area contributed by atoms with Crippen molar-refractivity contribution in [3.05, 3.63) is 60.6 Å². The number of carbonyl (C=O) groups excluding carboxylic acids is 1. The summed E-state index contributed by atoms with van der Waals surface area (Å²) in [6, 6.07) is 11.5. The summed E-state index contributed by atoms with van der Waals surface area (Å²) in [5, 5.41) is 6.72. The van der Waals surface area contributed by atoms with Gasteiger partial charge >= 0.3 is 0 Å². The zero-order valence-corrected chi connectivity index (χ0v) is 11.1. The fourth-order valence-electron chi connectivity index (χ4n) is 2.17. The Bertz CT molecular complexity index is 816. The third-order valence-electron chi connectivity index (χ3n) is 3.13. The second-order valence-corrected chi connectivity index (χ2v) is 4.41. The van der Waals surface area contributed by atoms with Gasteiger partial charge in [-0.25, -0.2) is 0 Å². The van der Waals surface area contributed by atoms with Gasteiger partial charge in [0, 0.05) is 24.0 Å². The molecule has 0 bridgehead atoms. The number of benzene rings is 1. The molecule has 0 fully saturated rings.